The summed E-state index contributed by atoms with van der Waals surface area (Å²) in [6.07, 6.45) is 3.69. The van der Waals surface area contributed by atoms with Crippen LogP contribution in [0.4, 0.5) is 0 Å². The van der Waals surface area contributed by atoms with Crippen molar-refractivity contribution in [1.29, 1.82) is 0 Å². The third-order valence-corrected chi connectivity index (χ3v) is 5.68. The number of hydrogen-bond donors (Lipinski definition) is 0. The number of nitrogens with zero attached hydrogens (tertiary/aromatic N) is 2. The van der Waals surface area contributed by atoms with Crippen LogP contribution in [0.5, 0.6) is 5.75 Å². The van der Waals surface area contributed by atoms with E-state index >= 15 is 0 Å². The first-order valence-electron chi connectivity index (χ1n) is 10.6. The monoisotopic (exact) mass is 404 g/mol. The van der Waals surface area contributed by atoms with Gasteiger partial charge in [0, 0.05) is 49.8 Å². The van der Waals surface area contributed by atoms with E-state index in [9.17, 15) is 4.79 Å². The lowest BCUT2D eigenvalue weighted by molar-refractivity contribution is -0.137. The lowest BCUT2D eigenvalue weighted by Gasteiger charge is -2.32. The lowest BCUT2D eigenvalue weighted by atomic mass is 10.0. The Morgan fingerprint density at radius 1 is 1.07 bits per heavy atom. The number of piperidine rings is 1. The number of hydrogen-bond acceptors (Lipinski definition) is 4. The fourth-order valence-electron chi connectivity index (χ4n) is 3.93. The van der Waals surface area contributed by atoms with Crippen LogP contribution in [0.3, 0.4) is 0 Å². The smallest absolute Gasteiger partial charge is 0.248 e. The van der Waals surface area contributed by atoms with Crippen LogP contribution in [-0.4, -0.2) is 48.2 Å². The van der Waals surface area contributed by atoms with Gasteiger partial charge in [0.25, 0.3) is 0 Å². The van der Waals surface area contributed by atoms with Crippen molar-refractivity contribution in [2.24, 2.45) is 0 Å². The summed E-state index contributed by atoms with van der Waals surface area (Å²) >= 11 is 0. The molecule has 2 heterocycles. The summed E-state index contributed by atoms with van der Waals surface area (Å²) < 4.78 is 11.4. The van der Waals surface area contributed by atoms with Gasteiger partial charge in [-0.05, 0) is 54.6 Å². The number of likely N-dealkylation sites (tertiary alicyclic amines) is 1. The van der Waals surface area contributed by atoms with Crippen LogP contribution >= 0.6 is 0 Å². The van der Waals surface area contributed by atoms with Crippen LogP contribution in [0.2, 0.25) is 0 Å². The van der Waals surface area contributed by atoms with E-state index in [-0.39, 0.29) is 18.6 Å². The van der Waals surface area contributed by atoms with E-state index in [1.807, 2.05) is 37.1 Å². The van der Waals surface area contributed by atoms with Crippen LogP contribution in [0.25, 0.3) is 21.9 Å². The summed E-state index contributed by atoms with van der Waals surface area (Å²) in [6.45, 7) is 6.12. The maximum Gasteiger partial charge on any atom is 0.248 e. The molecule has 1 fully saturated rings. The molecule has 5 heteroatoms. The molecule has 0 bridgehead atoms. The molecular formula is C25H28N2O3. The van der Waals surface area contributed by atoms with Crippen molar-refractivity contribution in [2.45, 2.75) is 32.8 Å². The van der Waals surface area contributed by atoms with Crippen molar-refractivity contribution in [1.82, 2.24) is 9.88 Å². The molecule has 1 aromatic heterocycles. The number of fused-ring (bicyclic) bond motifs is 1. The van der Waals surface area contributed by atoms with E-state index < -0.39 is 0 Å². The quantitative estimate of drug-likeness (QED) is 0.602. The Bertz CT molecular complexity index is 1010. The van der Waals surface area contributed by atoms with Crippen molar-refractivity contribution >= 4 is 16.7 Å². The van der Waals surface area contributed by atoms with Gasteiger partial charge in [-0.1, -0.05) is 24.3 Å². The summed E-state index contributed by atoms with van der Waals surface area (Å²) in [7, 11) is 0. The Morgan fingerprint density at radius 3 is 2.53 bits per heavy atom. The van der Waals surface area contributed by atoms with E-state index in [2.05, 4.69) is 41.4 Å². The van der Waals surface area contributed by atoms with Crippen molar-refractivity contribution in [3.05, 3.63) is 60.4 Å². The molecule has 0 atom stereocenters. The van der Waals surface area contributed by atoms with Gasteiger partial charge in [-0.15, -0.1) is 0 Å². The molecule has 30 heavy (non-hydrogen) atoms. The van der Waals surface area contributed by atoms with E-state index in [0.29, 0.717) is 6.61 Å². The number of carbonyl (C=O) groups is 1. The predicted octanol–water partition coefficient (Wildman–Crippen LogP) is 4.62. The number of rotatable bonds is 6. The number of pyridine rings is 1. The highest BCUT2D eigenvalue weighted by molar-refractivity contribution is 5.88. The van der Waals surface area contributed by atoms with E-state index in [4.69, 9.17) is 9.47 Å². The zero-order chi connectivity index (χ0) is 20.9. The molecule has 0 radical (unpaired) electrons. The van der Waals surface area contributed by atoms with Gasteiger partial charge in [0.1, 0.15) is 18.5 Å². The molecule has 2 aromatic carbocycles. The Morgan fingerprint density at radius 2 is 1.80 bits per heavy atom. The Kier molecular flexibility index (Phi) is 6.29. The van der Waals surface area contributed by atoms with Crippen LogP contribution in [-0.2, 0) is 9.53 Å². The summed E-state index contributed by atoms with van der Waals surface area (Å²) in [5.41, 5.74) is 3.39. The fourth-order valence-corrected chi connectivity index (χ4v) is 3.93. The minimum Gasteiger partial charge on any atom is -0.490 e. The highest BCUT2D eigenvalue weighted by atomic mass is 16.5. The molecule has 4 rings (SSSR count). The molecule has 0 unspecified atom stereocenters. The number of benzene rings is 2. The SMILES string of the molecule is CCOCC(=O)N1CCC(Oc2ccc(-c3ccc4c(C)nccc4c3)cc2)CC1. The van der Waals surface area contributed by atoms with E-state index in [0.717, 1.165) is 42.9 Å². The zero-order valence-electron chi connectivity index (χ0n) is 17.6. The molecular weight excluding hydrogens is 376 g/mol. The van der Waals surface area contributed by atoms with Gasteiger partial charge >= 0.3 is 0 Å². The fraction of sp³-hybridized carbons (Fsp3) is 0.360. The average Bonchev–Trinajstić information content (AvgIpc) is 2.78. The van der Waals surface area contributed by atoms with E-state index in [1.165, 1.54) is 16.3 Å². The predicted molar refractivity (Wildman–Crippen MR) is 119 cm³/mol. The molecule has 1 amide bonds. The average molecular weight is 405 g/mol. The maximum absolute atomic E-state index is 12.1. The van der Waals surface area contributed by atoms with Crippen molar-refractivity contribution < 1.29 is 14.3 Å². The molecule has 0 saturated carbocycles. The second-order valence-electron chi connectivity index (χ2n) is 7.69. The second-order valence-corrected chi connectivity index (χ2v) is 7.69. The summed E-state index contributed by atoms with van der Waals surface area (Å²) in [5, 5.41) is 2.39. The molecule has 0 aliphatic carbocycles. The van der Waals surface area contributed by atoms with Crippen LogP contribution in [0.15, 0.2) is 54.7 Å². The van der Waals surface area contributed by atoms with Crippen molar-refractivity contribution in [2.75, 3.05) is 26.3 Å². The third-order valence-electron chi connectivity index (χ3n) is 5.68. The molecule has 156 valence electrons. The summed E-state index contributed by atoms with van der Waals surface area (Å²) in [6, 6.07) is 16.8. The third kappa shape index (κ3) is 4.62. The first-order valence-corrected chi connectivity index (χ1v) is 10.6. The second kappa shape index (κ2) is 9.26. The van der Waals surface area contributed by atoms with E-state index in [1.54, 1.807) is 0 Å². The molecule has 3 aromatic rings. The van der Waals surface area contributed by atoms with Gasteiger partial charge < -0.3 is 14.4 Å². The molecule has 1 aliphatic rings. The largest absolute Gasteiger partial charge is 0.490 e. The number of aryl methyl sites for hydroxylation is 1. The van der Waals surface area contributed by atoms with Crippen LogP contribution in [0, 0.1) is 6.92 Å². The van der Waals surface area contributed by atoms with Gasteiger partial charge in [0.2, 0.25) is 5.91 Å². The van der Waals surface area contributed by atoms with Crippen LogP contribution in [0.1, 0.15) is 25.5 Å². The standard InChI is InChI=1S/C25H28N2O3/c1-3-29-17-25(28)27-14-11-23(12-15-27)30-22-7-4-19(5-8-22)20-6-9-24-18(2)26-13-10-21(24)16-20/h4-10,13,16,23H,3,11-12,14-15,17H2,1-2H3. The van der Waals surface area contributed by atoms with Crippen molar-refractivity contribution in [3.8, 4) is 16.9 Å². The Balaban J connectivity index is 1.36. The molecule has 1 aliphatic heterocycles. The first-order chi connectivity index (χ1) is 14.6. The summed E-state index contributed by atoms with van der Waals surface area (Å²) in [5.74, 6) is 0.944. The molecule has 5 nitrogen and oxygen atoms in total. The van der Waals surface area contributed by atoms with Gasteiger partial charge in [0.05, 0.1) is 0 Å². The number of ether oxygens (including phenoxy) is 2. The number of amides is 1. The maximum atomic E-state index is 12.1. The topological polar surface area (TPSA) is 51.7 Å². The zero-order valence-corrected chi connectivity index (χ0v) is 17.6. The Hall–Kier alpha value is -2.92. The normalized spacial score (nSPS) is 14.8. The minimum absolute atomic E-state index is 0.0704. The van der Waals surface area contributed by atoms with Gasteiger partial charge in [-0.3, -0.25) is 9.78 Å². The highest BCUT2D eigenvalue weighted by Gasteiger charge is 2.23. The van der Waals surface area contributed by atoms with Crippen molar-refractivity contribution in [3.63, 3.8) is 0 Å². The Labute approximate surface area is 177 Å². The number of carbonyl (C=O) groups excluding carboxylic acids is 1. The minimum atomic E-state index is 0.0704. The van der Waals surface area contributed by atoms with Gasteiger partial charge in [-0.2, -0.15) is 0 Å². The molecule has 0 spiro atoms. The molecule has 0 N–H and O–H groups in total. The van der Waals surface area contributed by atoms with Gasteiger partial charge in [0.15, 0.2) is 0 Å². The first kappa shape index (κ1) is 20.4. The van der Waals surface area contributed by atoms with Crippen LogP contribution < -0.4 is 4.74 Å². The van der Waals surface area contributed by atoms with Gasteiger partial charge in [-0.25, -0.2) is 0 Å². The summed E-state index contributed by atoms with van der Waals surface area (Å²) in [4.78, 5) is 18.3. The lowest BCUT2D eigenvalue weighted by Crippen LogP contribution is -2.43. The molecule has 1 saturated heterocycles. The highest BCUT2D eigenvalue weighted by Crippen LogP contribution is 2.28. The number of aromatic nitrogens is 1.